The molecule has 24 heavy (non-hydrogen) atoms. The third kappa shape index (κ3) is 5.37. The van der Waals surface area contributed by atoms with Gasteiger partial charge in [0.25, 0.3) is 0 Å². The number of ether oxygens (including phenoxy) is 1. The number of benzene rings is 2. The summed E-state index contributed by atoms with van der Waals surface area (Å²) in [6.07, 6.45) is 0. The van der Waals surface area contributed by atoms with Crippen molar-refractivity contribution >= 4 is 51.9 Å². The molecule has 0 fully saturated rings. The van der Waals surface area contributed by atoms with Gasteiger partial charge in [-0.2, -0.15) is 5.10 Å². The van der Waals surface area contributed by atoms with E-state index in [2.05, 4.69) is 15.8 Å². The minimum absolute atomic E-state index is 0.388. The van der Waals surface area contributed by atoms with Gasteiger partial charge in [0.1, 0.15) is 5.75 Å². The molecule has 0 unspecified atom stereocenters. The number of anilines is 1. The summed E-state index contributed by atoms with van der Waals surface area (Å²) in [5.41, 5.74) is 5.25. The van der Waals surface area contributed by atoms with Crippen molar-refractivity contribution in [3.8, 4) is 5.75 Å². The van der Waals surface area contributed by atoms with Crippen LogP contribution in [-0.4, -0.2) is 17.4 Å². The van der Waals surface area contributed by atoms with Crippen LogP contribution in [0.1, 0.15) is 19.4 Å². The SMILES string of the molecule is CCOc1ccc(NC(=S)N/N=C(\C)c2ccc(Cl)c(Cl)c2)cc1. The lowest BCUT2D eigenvalue weighted by Gasteiger charge is -2.09. The molecule has 4 nitrogen and oxygen atoms in total. The van der Waals surface area contributed by atoms with Crippen LogP contribution in [0.3, 0.4) is 0 Å². The van der Waals surface area contributed by atoms with E-state index in [-0.39, 0.29) is 0 Å². The Labute approximate surface area is 156 Å². The number of thiocarbonyl (C=S) groups is 1. The van der Waals surface area contributed by atoms with Crippen LogP contribution < -0.4 is 15.5 Å². The van der Waals surface area contributed by atoms with Crippen LogP contribution in [0, 0.1) is 0 Å². The molecular weight excluding hydrogens is 365 g/mol. The van der Waals surface area contributed by atoms with Gasteiger partial charge in [-0.25, -0.2) is 0 Å². The third-order valence-electron chi connectivity index (χ3n) is 3.09. The highest BCUT2D eigenvalue weighted by Crippen LogP contribution is 2.22. The molecule has 0 amide bonds. The average molecular weight is 382 g/mol. The molecule has 2 aromatic carbocycles. The molecular formula is C17H17Cl2N3OS. The molecule has 0 heterocycles. The zero-order valence-corrected chi connectivity index (χ0v) is 15.6. The van der Waals surface area contributed by atoms with Crippen LogP contribution in [0.15, 0.2) is 47.6 Å². The Morgan fingerprint density at radius 3 is 2.46 bits per heavy atom. The second kappa shape index (κ2) is 8.87. The Balaban J connectivity index is 1.94. The molecule has 0 spiro atoms. The van der Waals surface area contributed by atoms with E-state index in [0.717, 1.165) is 22.7 Å². The molecule has 0 aliphatic rings. The van der Waals surface area contributed by atoms with Gasteiger partial charge in [-0.05, 0) is 68.0 Å². The van der Waals surface area contributed by atoms with Gasteiger partial charge in [-0.1, -0.05) is 29.3 Å². The molecule has 2 aromatic rings. The molecule has 126 valence electrons. The smallest absolute Gasteiger partial charge is 0.191 e. The standard InChI is InChI=1S/C17H17Cl2N3OS/c1-3-23-14-7-5-13(6-8-14)20-17(24)22-21-11(2)12-4-9-15(18)16(19)10-12/h4-10H,3H2,1-2H3,(H2,20,22,24)/b21-11+. The van der Waals surface area contributed by atoms with Gasteiger partial charge < -0.3 is 10.1 Å². The molecule has 0 aliphatic carbocycles. The maximum Gasteiger partial charge on any atom is 0.191 e. The minimum Gasteiger partial charge on any atom is -0.494 e. The quantitative estimate of drug-likeness (QED) is 0.429. The molecule has 0 bridgehead atoms. The lowest BCUT2D eigenvalue weighted by atomic mass is 10.1. The van der Waals surface area contributed by atoms with Crippen molar-refractivity contribution in [2.24, 2.45) is 5.10 Å². The van der Waals surface area contributed by atoms with Crippen LogP contribution >= 0.6 is 35.4 Å². The molecule has 0 aliphatic heterocycles. The van der Waals surface area contributed by atoms with Crippen molar-refractivity contribution in [2.45, 2.75) is 13.8 Å². The van der Waals surface area contributed by atoms with E-state index >= 15 is 0 Å². The molecule has 0 saturated heterocycles. The molecule has 2 N–H and O–H groups in total. The number of rotatable bonds is 5. The average Bonchev–Trinajstić information content (AvgIpc) is 2.57. The maximum absolute atomic E-state index is 6.01. The van der Waals surface area contributed by atoms with E-state index in [4.69, 9.17) is 40.2 Å². The van der Waals surface area contributed by atoms with Crippen molar-refractivity contribution in [1.82, 2.24) is 5.43 Å². The highest BCUT2D eigenvalue weighted by atomic mass is 35.5. The van der Waals surface area contributed by atoms with Crippen molar-refractivity contribution < 1.29 is 4.74 Å². The summed E-state index contributed by atoms with van der Waals surface area (Å²) in [5, 5.41) is 8.67. The van der Waals surface area contributed by atoms with E-state index in [0.29, 0.717) is 21.8 Å². The number of hydrogen-bond donors (Lipinski definition) is 2. The molecule has 0 atom stereocenters. The van der Waals surface area contributed by atoms with E-state index in [1.165, 1.54) is 0 Å². The van der Waals surface area contributed by atoms with Crippen molar-refractivity contribution in [3.63, 3.8) is 0 Å². The van der Waals surface area contributed by atoms with Gasteiger partial charge in [0, 0.05) is 5.69 Å². The maximum atomic E-state index is 6.01. The van der Waals surface area contributed by atoms with Crippen LogP contribution in [0.2, 0.25) is 10.0 Å². The first-order valence-corrected chi connectivity index (χ1v) is 8.45. The Kier molecular flexibility index (Phi) is 6.85. The summed E-state index contributed by atoms with van der Waals surface area (Å²) >= 11 is 17.1. The van der Waals surface area contributed by atoms with Crippen molar-refractivity contribution in [3.05, 3.63) is 58.1 Å². The molecule has 0 radical (unpaired) electrons. The summed E-state index contributed by atoms with van der Waals surface area (Å²) in [7, 11) is 0. The van der Waals surface area contributed by atoms with E-state index in [1.54, 1.807) is 12.1 Å². The minimum atomic E-state index is 0.388. The van der Waals surface area contributed by atoms with Gasteiger partial charge in [-0.3, -0.25) is 5.43 Å². The van der Waals surface area contributed by atoms with Gasteiger partial charge in [0.2, 0.25) is 0 Å². The summed E-state index contributed by atoms with van der Waals surface area (Å²) in [5.74, 6) is 0.815. The number of hydrogen-bond acceptors (Lipinski definition) is 3. The van der Waals surface area contributed by atoms with Gasteiger partial charge in [-0.15, -0.1) is 0 Å². The van der Waals surface area contributed by atoms with Gasteiger partial charge in [0.05, 0.1) is 22.4 Å². The summed E-state index contributed by atoms with van der Waals surface area (Å²) < 4.78 is 5.39. The van der Waals surface area contributed by atoms with Crippen LogP contribution in [0.5, 0.6) is 5.75 Å². The number of nitrogens with one attached hydrogen (secondary N) is 2. The molecule has 0 saturated carbocycles. The summed E-state index contributed by atoms with van der Waals surface area (Å²) in [6.45, 7) is 4.43. The van der Waals surface area contributed by atoms with E-state index < -0.39 is 0 Å². The van der Waals surface area contributed by atoms with Crippen molar-refractivity contribution in [1.29, 1.82) is 0 Å². The zero-order chi connectivity index (χ0) is 17.5. The fraction of sp³-hybridized carbons (Fsp3) is 0.176. The highest BCUT2D eigenvalue weighted by molar-refractivity contribution is 7.80. The lowest BCUT2D eigenvalue weighted by Crippen LogP contribution is -2.24. The largest absolute Gasteiger partial charge is 0.494 e. The molecule has 7 heteroatoms. The van der Waals surface area contributed by atoms with E-state index in [9.17, 15) is 0 Å². The predicted molar refractivity (Wildman–Crippen MR) is 106 cm³/mol. The Hall–Kier alpha value is -1.82. The fourth-order valence-corrected chi connectivity index (χ4v) is 2.34. The number of hydrazone groups is 1. The first kappa shape index (κ1) is 18.5. The van der Waals surface area contributed by atoms with Crippen LogP contribution in [0.4, 0.5) is 5.69 Å². The van der Waals surface area contributed by atoms with Gasteiger partial charge in [0.15, 0.2) is 5.11 Å². The zero-order valence-electron chi connectivity index (χ0n) is 13.3. The Morgan fingerprint density at radius 2 is 1.83 bits per heavy atom. The fourth-order valence-electron chi connectivity index (χ4n) is 1.88. The highest BCUT2D eigenvalue weighted by Gasteiger charge is 2.03. The van der Waals surface area contributed by atoms with Gasteiger partial charge >= 0.3 is 0 Å². The monoisotopic (exact) mass is 381 g/mol. The first-order valence-electron chi connectivity index (χ1n) is 7.29. The molecule has 0 aromatic heterocycles. The second-order valence-electron chi connectivity index (χ2n) is 4.85. The predicted octanol–water partition coefficient (Wildman–Crippen LogP) is 5.10. The second-order valence-corrected chi connectivity index (χ2v) is 6.07. The number of halogens is 2. The lowest BCUT2D eigenvalue weighted by molar-refractivity contribution is 0.340. The summed E-state index contributed by atoms with van der Waals surface area (Å²) in [4.78, 5) is 0. The number of nitrogens with zero attached hydrogens (tertiary/aromatic N) is 1. The first-order chi connectivity index (χ1) is 11.5. The van der Waals surface area contributed by atoms with Crippen LogP contribution in [-0.2, 0) is 0 Å². The third-order valence-corrected chi connectivity index (χ3v) is 4.02. The Bertz CT molecular complexity index is 748. The van der Waals surface area contributed by atoms with E-state index in [1.807, 2.05) is 44.2 Å². The molecule has 2 rings (SSSR count). The topological polar surface area (TPSA) is 45.6 Å². The van der Waals surface area contributed by atoms with Crippen molar-refractivity contribution in [2.75, 3.05) is 11.9 Å². The Morgan fingerprint density at radius 1 is 1.12 bits per heavy atom. The summed E-state index contributed by atoms with van der Waals surface area (Å²) in [6, 6.07) is 12.8. The van der Waals surface area contributed by atoms with Crippen LogP contribution in [0.25, 0.3) is 0 Å². The normalized spacial score (nSPS) is 11.1.